The van der Waals surface area contributed by atoms with E-state index in [0.29, 0.717) is 6.29 Å². The predicted molar refractivity (Wildman–Crippen MR) is 71.0 cm³/mol. The van der Waals surface area contributed by atoms with Gasteiger partial charge in [-0.15, -0.1) is 0 Å². The molecule has 0 spiro atoms. The fourth-order valence-electron chi connectivity index (χ4n) is 1.48. The monoisotopic (exact) mass is 325 g/mol. The second kappa shape index (κ2) is 5.92. The van der Waals surface area contributed by atoms with E-state index in [0.717, 1.165) is 19.2 Å². The summed E-state index contributed by atoms with van der Waals surface area (Å²) in [5.74, 6) is 0.168. The van der Waals surface area contributed by atoms with Crippen LogP contribution in [-0.4, -0.2) is 33.4 Å². The van der Waals surface area contributed by atoms with E-state index in [4.69, 9.17) is 4.74 Å². The van der Waals surface area contributed by atoms with Gasteiger partial charge in [-0.3, -0.25) is 9.10 Å². The minimum Gasteiger partial charge on any atom is -0.490 e. The van der Waals surface area contributed by atoms with Crippen LogP contribution in [0.25, 0.3) is 0 Å². The Bertz CT molecular complexity index is 626. The Morgan fingerprint density at radius 2 is 1.86 bits per heavy atom. The van der Waals surface area contributed by atoms with Crippen LogP contribution in [-0.2, 0) is 10.0 Å². The zero-order valence-electron chi connectivity index (χ0n) is 11.5. The molecule has 0 unspecified atom stereocenters. The highest BCUT2D eigenvalue weighted by Gasteiger charge is 2.49. The van der Waals surface area contributed by atoms with Crippen LogP contribution < -0.4 is 9.04 Å². The zero-order chi connectivity index (χ0) is 16.4. The summed E-state index contributed by atoms with van der Waals surface area (Å²) in [6.07, 6.45) is 0.140. The minimum absolute atomic E-state index is 0.0366. The highest BCUT2D eigenvalue weighted by molar-refractivity contribution is 7.93. The summed E-state index contributed by atoms with van der Waals surface area (Å²) < 4.78 is 65.4. The van der Waals surface area contributed by atoms with Gasteiger partial charge in [-0.1, -0.05) is 0 Å². The molecule has 0 atom stereocenters. The number of carbonyl (C=O) groups excluding carboxylic acids is 1. The fraction of sp³-hybridized carbons (Fsp3) is 0.417. The molecule has 0 aliphatic rings. The third-order valence-corrected chi connectivity index (χ3v) is 4.02. The molecule has 0 radical (unpaired) electrons. The van der Waals surface area contributed by atoms with Crippen LogP contribution in [0, 0.1) is 0 Å². The number of ether oxygens (including phenoxy) is 1. The standard InChI is InChI=1S/C12H14F3NO4S/c1-8(2)20-11-5-4-10(6-9(11)7-17)16(3)21(18,19)12(13,14)15/h4-8H,1-3H3. The van der Waals surface area contributed by atoms with Crippen molar-refractivity contribution in [1.82, 2.24) is 0 Å². The molecule has 0 aliphatic heterocycles. The first kappa shape index (κ1) is 17.3. The lowest BCUT2D eigenvalue weighted by Crippen LogP contribution is -2.38. The van der Waals surface area contributed by atoms with E-state index in [1.807, 2.05) is 0 Å². The minimum atomic E-state index is -5.51. The maximum absolute atomic E-state index is 12.5. The van der Waals surface area contributed by atoms with E-state index in [2.05, 4.69) is 0 Å². The number of nitrogens with zero attached hydrogens (tertiary/aromatic N) is 1. The number of sulfonamides is 1. The van der Waals surface area contributed by atoms with Gasteiger partial charge in [0.05, 0.1) is 17.4 Å². The Labute approximate surface area is 120 Å². The maximum atomic E-state index is 12.5. The van der Waals surface area contributed by atoms with Crippen molar-refractivity contribution in [1.29, 1.82) is 0 Å². The number of halogens is 3. The lowest BCUT2D eigenvalue weighted by molar-refractivity contribution is -0.0437. The molecule has 21 heavy (non-hydrogen) atoms. The van der Waals surface area contributed by atoms with Crippen LogP contribution in [0.3, 0.4) is 0 Å². The summed E-state index contributed by atoms with van der Waals surface area (Å²) in [6, 6.07) is 3.41. The van der Waals surface area contributed by atoms with Gasteiger partial charge in [0.25, 0.3) is 0 Å². The second-order valence-corrected chi connectivity index (χ2v) is 6.39. The number of anilines is 1. The molecule has 0 aliphatic carbocycles. The number of carbonyl (C=O) groups is 1. The molecule has 0 heterocycles. The third kappa shape index (κ3) is 3.66. The van der Waals surface area contributed by atoms with Gasteiger partial charge >= 0.3 is 15.5 Å². The average Bonchev–Trinajstić information content (AvgIpc) is 2.36. The van der Waals surface area contributed by atoms with E-state index in [-0.39, 0.29) is 27.4 Å². The van der Waals surface area contributed by atoms with Gasteiger partial charge < -0.3 is 4.74 Å². The van der Waals surface area contributed by atoms with Gasteiger partial charge in [0.1, 0.15) is 5.75 Å². The summed E-state index contributed by atoms with van der Waals surface area (Å²) >= 11 is 0. The Morgan fingerprint density at radius 3 is 2.29 bits per heavy atom. The van der Waals surface area contributed by atoms with Crippen molar-refractivity contribution in [3.8, 4) is 5.75 Å². The Balaban J connectivity index is 3.25. The molecule has 1 aromatic carbocycles. The molecule has 0 saturated heterocycles. The van der Waals surface area contributed by atoms with Crippen molar-refractivity contribution in [2.75, 3.05) is 11.4 Å². The summed E-state index contributed by atoms with van der Waals surface area (Å²) in [6.45, 7) is 3.42. The van der Waals surface area contributed by atoms with Gasteiger partial charge in [-0.2, -0.15) is 21.6 Å². The average molecular weight is 325 g/mol. The van der Waals surface area contributed by atoms with Crippen LogP contribution in [0.2, 0.25) is 0 Å². The first-order chi connectivity index (χ1) is 9.50. The quantitative estimate of drug-likeness (QED) is 0.781. The van der Waals surface area contributed by atoms with Crippen molar-refractivity contribution in [3.05, 3.63) is 23.8 Å². The van der Waals surface area contributed by atoms with Crippen molar-refractivity contribution in [3.63, 3.8) is 0 Å². The Kier molecular flexibility index (Phi) is 4.87. The van der Waals surface area contributed by atoms with Gasteiger partial charge in [-0.05, 0) is 32.0 Å². The molecule has 0 N–H and O–H groups in total. The highest BCUT2D eigenvalue weighted by Crippen LogP contribution is 2.31. The fourth-order valence-corrected chi connectivity index (χ4v) is 2.18. The molecule has 0 bridgehead atoms. The molecule has 0 saturated carbocycles. The predicted octanol–water partition coefficient (Wildman–Crippen LogP) is 2.57. The first-order valence-corrected chi connectivity index (χ1v) is 7.25. The summed E-state index contributed by atoms with van der Waals surface area (Å²) in [5, 5.41) is 0. The van der Waals surface area contributed by atoms with E-state index in [9.17, 15) is 26.4 Å². The van der Waals surface area contributed by atoms with E-state index in [1.165, 1.54) is 6.07 Å². The normalized spacial score (nSPS) is 12.3. The smallest absolute Gasteiger partial charge is 0.490 e. The molecular formula is C12H14F3NO4S. The van der Waals surface area contributed by atoms with Crippen molar-refractivity contribution >= 4 is 22.0 Å². The molecule has 118 valence electrons. The molecule has 0 amide bonds. The van der Waals surface area contributed by atoms with E-state index >= 15 is 0 Å². The molecule has 1 rings (SSSR count). The van der Waals surface area contributed by atoms with Crippen LogP contribution >= 0.6 is 0 Å². The number of aldehydes is 1. The van der Waals surface area contributed by atoms with Gasteiger partial charge in [0.2, 0.25) is 0 Å². The van der Waals surface area contributed by atoms with E-state index in [1.54, 1.807) is 13.8 Å². The van der Waals surface area contributed by atoms with Crippen LogP contribution in [0.15, 0.2) is 18.2 Å². The van der Waals surface area contributed by atoms with Crippen LogP contribution in [0.1, 0.15) is 24.2 Å². The Morgan fingerprint density at radius 1 is 1.29 bits per heavy atom. The number of hydrogen-bond acceptors (Lipinski definition) is 4. The molecule has 0 fully saturated rings. The highest BCUT2D eigenvalue weighted by atomic mass is 32.2. The third-order valence-electron chi connectivity index (χ3n) is 2.50. The molecular weight excluding hydrogens is 311 g/mol. The number of benzene rings is 1. The second-order valence-electron chi connectivity index (χ2n) is 4.42. The number of rotatable bonds is 5. The lowest BCUT2D eigenvalue weighted by atomic mass is 10.2. The van der Waals surface area contributed by atoms with E-state index < -0.39 is 15.5 Å². The zero-order valence-corrected chi connectivity index (χ0v) is 12.3. The number of hydrogen-bond donors (Lipinski definition) is 0. The van der Waals surface area contributed by atoms with Crippen LogP contribution in [0.4, 0.5) is 18.9 Å². The summed E-state index contributed by atoms with van der Waals surface area (Å²) in [7, 11) is -4.75. The van der Waals surface area contributed by atoms with Crippen molar-refractivity contribution < 1.29 is 31.1 Å². The van der Waals surface area contributed by atoms with Gasteiger partial charge in [-0.25, -0.2) is 0 Å². The van der Waals surface area contributed by atoms with Crippen molar-refractivity contribution in [2.45, 2.75) is 25.5 Å². The Hall–Kier alpha value is -1.77. The first-order valence-electron chi connectivity index (χ1n) is 5.81. The topological polar surface area (TPSA) is 63.7 Å². The van der Waals surface area contributed by atoms with Gasteiger partial charge in [0, 0.05) is 7.05 Å². The number of alkyl halides is 3. The molecule has 0 aromatic heterocycles. The molecule has 5 nitrogen and oxygen atoms in total. The van der Waals surface area contributed by atoms with Crippen molar-refractivity contribution in [2.24, 2.45) is 0 Å². The summed E-state index contributed by atoms with van der Waals surface area (Å²) in [4.78, 5) is 11.0. The van der Waals surface area contributed by atoms with Gasteiger partial charge in [0.15, 0.2) is 6.29 Å². The maximum Gasteiger partial charge on any atom is 0.516 e. The lowest BCUT2D eigenvalue weighted by Gasteiger charge is -2.22. The molecule has 1 aromatic rings. The molecule has 9 heteroatoms. The SMILES string of the molecule is CC(C)Oc1ccc(N(C)S(=O)(=O)C(F)(F)F)cc1C=O. The largest absolute Gasteiger partial charge is 0.516 e. The van der Waals surface area contributed by atoms with Crippen LogP contribution in [0.5, 0.6) is 5.75 Å². The summed E-state index contributed by atoms with van der Waals surface area (Å²) in [5.41, 5.74) is -5.74.